The zero-order valence-corrected chi connectivity index (χ0v) is 21.8. The summed E-state index contributed by atoms with van der Waals surface area (Å²) in [5.74, 6) is -0.297. The molecule has 0 fully saturated rings. The number of hydrazone groups is 1. The fourth-order valence-corrected chi connectivity index (χ4v) is 3.59. The summed E-state index contributed by atoms with van der Waals surface area (Å²) in [6, 6.07) is 16.5. The van der Waals surface area contributed by atoms with Gasteiger partial charge in [0, 0.05) is 10.0 Å². The molecule has 10 nitrogen and oxygen atoms in total. The standard InChI is InChI=1S/C26H24BrN3O7/c1-34-21-12-17(13-22(35-2)24(21)36-3)25(32)28-15-23(31)30-29-14-16-7-6-8-18(11-16)37-26(33)19-9-4-5-10-20(19)27/h4-14H,15H2,1-3H3,(H,28,32)(H,30,31). The smallest absolute Gasteiger partial charge is 0.344 e. The molecule has 0 saturated heterocycles. The van der Waals surface area contributed by atoms with E-state index in [1.807, 2.05) is 0 Å². The average molecular weight is 570 g/mol. The van der Waals surface area contributed by atoms with Crippen LogP contribution in [0.3, 0.4) is 0 Å². The molecule has 0 aliphatic rings. The lowest BCUT2D eigenvalue weighted by molar-refractivity contribution is -0.120. The van der Waals surface area contributed by atoms with Crippen molar-refractivity contribution in [3.8, 4) is 23.0 Å². The fraction of sp³-hybridized carbons (Fsp3) is 0.154. The molecule has 3 aromatic rings. The highest BCUT2D eigenvalue weighted by atomic mass is 79.9. The van der Waals surface area contributed by atoms with E-state index >= 15 is 0 Å². The number of methoxy groups -OCH3 is 3. The minimum atomic E-state index is -0.548. The van der Waals surface area contributed by atoms with Crippen LogP contribution in [-0.2, 0) is 4.79 Å². The molecule has 192 valence electrons. The van der Waals surface area contributed by atoms with Crippen LogP contribution in [0.4, 0.5) is 0 Å². The lowest BCUT2D eigenvalue weighted by Gasteiger charge is -2.14. The molecule has 0 unspecified atom stereocenters. The van der Waals surface area contributed by atoms with E-state index in [1.54, 1.807) is 48.5 Å². The second-order valence-electron chi connectivity index (χ2n) is 7.33. The molecule has 0 saturated carbocycles. The van der Waals surface area contributed by atoms with Crippen molar-refractivity contribution in [3.63, 3.8) is 0 Å². The number of benzene rings is 3. The first kappa shape index (κ1) is 27.2. The van der Waals surface area contributed by atoms with Crippen LogP contribution in [0.1, 0.15) is 26.3 Å². The van der Waals surface area contributed by atoms with E-state index in [-0.39, 0.29) is 12.1 Å². The van der Waals surface area contributed by atoms with Crippen molar-refractivity contribution >= 4 is 39.9 Å². The number of hydrogen-bond donors (Lipinski definition) is 2. The van der Waals surface area contributed by atoms with Crippen molar-refractivity contribution in [2.45, 2.75) is 0 Å². The van der Waals surface area contributed by atoms with Gasteiger partial charge in [0.15, 0.2) is 11.5 Å². The van der Waals surface area contributed by atoms with Crippen LogP contribution in [0.2, 0.25) is 0 Å². The molecule has 2 N–H and O–H groups in total. The highest BCUT2D eigenvalue weighted by Gasteiger charge is 2.17. The third-order valence-electron chi connectivity index (χ3n) is 4.90. The second kappa shape index (κ2) is 13.1. The number of esters is 1. The summed E-state index contributed by atoms with van der Waals surface area (Å²) in [5.41, 5.74) is 3.52. The minimum absolute atomic E-state index is 0.222. The van der Waals surface area contributed by atoms with Gasteiger partial charge in [0.05, 0.1) is 39.7 Å². The maximum Gasteiger partial charge on any atom is 0.344 e. The molecule has 2 amide bonds. The van der Waals surface area contributed by atoms with Crippen LogP contribution >= 0.6 is 15.9 Å². The van der Waals surface area contributed by atoms with Crippen molar-refractivity contribution in [3.05, 3.63) is 81.8 Å². The molecule has 0 heterocycles. The third kappa shape index (κ3) is 7.31. The maximum absolute atomic E-state index is 12.5. The number of carbonyl (C=O) groups excluding carboxylic acids is 3. The normalized spacial score (nSPS) is 10.5. The van der Waals surface area contributed by atoms with Crippen LogP contribution in [-0.4, -0.2) is 51.9 Å². The molecule has 3 rings (SSSR count). The van der Waals surface area contributed by atoms with Gasteiger partial charge in [0.1, 0.15) is 5.75 Å². The molecule has 11 heteroatoms. The number of hydrogen-bond acceptors (Lipinski definition) is 8. The minimum Gasteiger partial charge on any atom is -0.493 e. The van der Waals surface area contributed by atoms with Gasteiger partial charge in [-0.3, -0.25) is 9.59 Å². The van der Waals surface area contributed by atoms with Crippen LogP contribution in [0, 0.1) is 0 Å². The van der Waals surface area contributed by atoms with Gasteiger partial charge in [-0.25, -0.2) is 10.2 Å². The summed E-state index contributed by atoms with van der Waals surface area (Å²) in [5, 5.41) is 6.38. The van der Waals surface area contributed by atoms with Crippen molar-refractivity contribution in [1.29, 1.82) is 0 Å². The maximum atomic E-state index is 12.5. The lowest BCUT2D eigenvalue weighted by Crippen LogP contribution is -2.34. The number of halogens is 1. The molecular weight excluding hydrogens is 546 g/mol. The van der Waals surface area contributed by atoms with Gasteiger partial charge < -0.3 is 24.3 Å². The highest BCUT2D eigenvalue weighted by Crippen LogP contribution is 2.38. The van der Waals surface area contributed by atoms with Crippen LogP contribution in [0.25, 0.3) is 0 Å². The van der Waals surface area contributed by atoms with Crippen LogP contribution in [0.5, 0.6) is 23.0 Å². The number of nitrogens with zero attached hydrogens (tertiary/aromatic N) is 1. The van der Waals surface area contributed by atoms with Gasteiger partial charge in [0.2, 0.25) is 5.75 Å². The first-order chi connectivity index (χ1) is 17.9. The number of carbonyl (C=O) groups is 3. The second-order valence-corrected chi connectivity index (χ2v) is 8.19. The van der Waals surface area contributed by atoms with Gasteiger partial charge in [-0.05, 0) is 57.9 Å². The lowest BCUT2D eigenvalue weighted by atomic mass is 10.1. The van der Waals surface area contributed by atoms with Crippen molar-refractivity contribution in [1.82, 2.24) is 10.7 Å². The summed E-state index contributed by atoms with van der Waals surface area (Å²) >= 11 is 3.32. The highest BCUT2D eigenvalue weighted by molar-refractivity contribution is 9.10. The van der Waals surface area contributed by atoms with Gasteiger partial charge in [0.25, 0.3) is 11.8 Å². The predicted octanol–water partition coefficient (Wildman–Crippen LogP) is 3.57. The molecule has 0 atom stereocenters. The Balaban J connectivity index is 1.54. The van der Waals surface area contributed by atoms with Crippen molar-refractivity contribution in [2.24, 2.45) is 5.10 Å². The predicted molar refractivity (Wildman–Crippen MR) is 140 cm³/mol. The Labute approximate surface area is 221 Å². The van der Waals surface area contributed by atoms with Gasteiger partial charge in [-0.2, -0.15) is 5.10 Å². The van der Waals surface area contributed by atoms with E-state index in [1.165, 1.54) is 39.7 Å². The van der Waals surface area contributed by atoms with E-state index in [0.29, 0.717) is 38.6 Å². The number of ether oxygens (including phenoxy) is 4. The molecule has 0 aliphatic carbocycles. The summed E-state index contributed by atoms with van der Waals surface area (Å²) in [4.78, 5) is 37.0. The molecule has 0 radical (unpaired) electrons. The molecule has 0 aromatic heterocycles. The molecule has 37 heavy (non-hydrogen) atoms. The Morgan fingerprint density at radius 3 is 2.27 bits per heavy atom. The Morgan fingerprint density at radius 1 is 0.919 bits per heavy atom. The van der Waals surface area contributed by atoms with Gasteiger partial charge >= 0.3 is 5.97 Å². The van der Waals surface area contributed by atoms with E-state index in [0.717, 1.165) is 0 Å². The molecule has 0 bridgehead atoms. The van der Waals surface area contributed by atoms with E-state index in [9.17, 15) is 14.4 Å². The number of nitrogens with one attached hydrogen (secondary N) is 2. The Bertz CT molecular complexity index is 1300. The monoisotopic (exact) mass is 569 g/mol. The summed E-state index contributed by atoms with van der Waals surface area (Å²) in [6.45, 7) is -0.323. The van der Waals surface area contributed by atoms with Crippen molar-refractivity contribution < 1.29 is 33.3 Å². The first-order valence-electron chi connectivity index (χ1n) is 10.8. The summed E-state index contributed by atoms with van der Waals surface area (Å²) in [6.07, 6.45) is 1.38. The molecule has 0 spiro atoms. The summed E-state index contributed by atoms with van der Waals surface area (Å²) < 4.78 is 21.7. The topological polar surface area (TPSA) is 125 Å². The van der Waals surface area contributed by atoms with Gasteiger partial charge in [-0.15, -0.1) is 0 Å². The quantitative estimate of drug-likeness (QED) is 0.165. The number of rotatable bonds is 10. The van der Waals surface area contributed by atoms with Crippen LogP contribution in [0.15, 0.2) is 70.2 Å². The fourth-order valence-electron chi connectivity index (χ4n) is 3.14. The Morgan fingerprint density at radius 2 is 1.62 bits per heavy atom. The Kier molecular flexibility index (Phi) is 9.61. The van der Waals surface area contributed by atoms with Crippen LogP contribution < -0.4 is 29.7 Å². The largest absolute Gasteiger partial charge is 0.493 e. The number of amides is 2. The molecule has 3 aromatic carbocycles. The van der Waals surface area contributed by atoms with Crippen molar-refractivity contribution in [2.75, 3.05) is 27.9 Å². The molecule has 0 aliphatic heterocycles. The van der Waals surface area contributed by atoms with E-state index in [4.69, 9.17) is 18.9 Å². The van der Waals surface area contributed by atoms with Gasteiger partial charge in [-0.1, -0.05) is 24.3 Å². The van der Waals surface area contributed by atoms with E-state index in [2.05, 4.69) is 31.8 Å². The zero-order valence-electron chi connectivity index (χ0n) is 20.2. The van der Waals surface area contributed by atoms with E-state index < -0.39 is 17.8 Å². The summed E-state index contributed by atoms with van der Waals surface area (Å²) in [7, 11) is 4.33. The third-order valence-corrected chi connectivity index (χ3v) is 5.59. The first-order valence-corrected chi connectivity index (χ1v) is 11.6. The average Bonchev–Trinajstić information content (AvgIpc) is 2.91. The zero-order chi connectivity index (χ0) is 26.8. The molecular formula is C26H24BrN3O7. The SMILES string of the molecule is COc1cc(C(=O)NCC(=O)NN=Cc2cccc(OC(=O)c3ccccc3Br)c2)cc(OC)c1OC. The Hall–Kier alpha value is -4.38.